The zero-order valence-electron chi connectivity index (χ0n) is 20.0. The number of benzene rings is 4. The predicted octanol–water partition coefficient (Wildman–Crippen LogP) is 7.34. The number of alkyl halides is 3. The lowest BCUT2D eigenvalue weighted by molar-refractivity contribution is -0.137. The van der Waals surface area contributed by atoms with Crippen molar-refractivity contribution in [1.29, 1.82) is 0 Å². The Morgan fingerprint density at radius 1 is 0.949 bits per heavy atom. The maximum atomic E-state index is 13.6. The molecule has 1 aromatic heterocycles. The molecule has 4 aromatic carbocycles. The first-order valence-corrected chi connectivity index (χ1v) is 12.0. The predicted molar refractivity (Wildman–Crippen MR) is 142 cm³/mol. The van der Waals surface area contributed by atoms with Crippen molar-refractivity contribution in [3.8, 4) is 17.1 Å². The van der Waals surface area contributed by atoms with Crippen molar-refractivity contribution in [2.45, 2.75) is 12.8 Å². The van der Waals surface area contributed by atoms with Gasteiger partial charge in [0.15, 0.2) is 5.82 Å². The number of rotatable bonds is 6. The highest BCUT2D eigenvalue weighted by Crippen LogP contribution is 2.32. The van der Waals surface area contributed by atoms with Crippen molar-refractivity contribution in [2.75, 3.05) is 0 Å². The van der Waals surface area contributed by atoms with Gasteiger partial charge in [0.05, 0.1) is 22.7 Å². The zero-order valence-corrected chi connectivity index (χ0v) is 20.7. The van der Waals surface area contributed by atoms with Gasteiger partial charge >= 0.3 is 6.18 Å². The van der Waals surface area contributed by atoms with Gasteiger partial charge in [-0.25, -0.2) is 9.37 Å². The molecule has 0 spiro atoms. The van der Waals surface area contributed by atoms with Gasteiger partial charge in [0.25, 0.3) is 5.56 Å². The van der Waals surface area contributed by atoms with Crippen LogP contribution in [0.1, 0.15) is 16.7 Å². The van der Waals surface area contributed by atoms with E-state index in [-0.39, 0.29) is 23.4 Å². The van der Waals surface area contributed by atoms with E-state index in [0.717, 1.165) is 16.8 Å². The van der Waals surface area contributed by atoms with E-state index >= 15 is 0 Å². The Morgan fingerprint density at radius 2 is 1.74 bits per heavy atom. The third-order valence-electron chi connectivity index (χ3n) is 5.77. The molecule has 0 atom stereocenters. The van der Waals surface area contributed by atoms with Gasteiger partial charge in [0, 0.05) is 16.1 Å². The number of halogens is 5. The van der Waals surface area contributed by atoms with E-state index in [9.17, 15) is 22.4 Å². The minimum Gasteiger partial charge on any atom is -0.488 e. The molecule has 1 heterocycles. The van der Waals surface area contributed by atoms with Crippen molar-refractivity contribution in [2.24, 2.45) is 5.10 Å². The molecule has 0 fully saturated rings. The summed E-state index contributed by atoms with van der Waals surface area (Å²) in [5, 5.41) is 4.90. The smallest absolute Gasteiger partial charge is 0.416 e. The molecular formula is C29H18ClF4N3O2. The molecule has 0 amide bonds. The Morgan fingerprint density at radius 3 is 2.54 bits per heavy atom. The van der Waals surface area contributed by atoms with E-state index in [4.69, 9.17) is 16.3 Å². The molecule has 0 saturated heterocycles. The highest BCUT2D eigenvalue weighted by atomic mass is 35.5. The third kappa shape index (κ3) is 5.83. The highest BCUT2D eigenvalue weighted by molar-refractivity contribution is 6.30. The molecule has 0 aliphatic heterocycles. The van der Waals surface area contributed by atoms with Gasteiger partial charge in [-0.3, -0.25) is 4.79 Å². The molecule has 196 valence electrons. The summed E-state index contributed by atoms with van der Waals surface area (Å²) in [6.45, 7) is 0.0488. The van der Waals surface area contributed by atoms with Crippen LogP contribution in [0, 0.1) is 5.82 Å². The maximum absolute atomic E-state index is 13.6. The molecule has 10 heteroatoms. The van der Waals surface area contributed by atoms with Gasteiger partial charge in [-0.2, -0.15) is 22.9 Å². The Hall–Kier alpha value is -4.50. The highest BCUT2D eigenvalue weighted by Gasteiger charge is 2.31. The maximum Gasteiger partial charge on any atom is 0.416 e. The molecule has 0 radical (unpaired) electrons. The monoisotopic (exact) mass is 551 g/mol. The quantitative estimate of drug-likeness (QED) is 0.164. The average Bonchev–Trinajstić information content (AvgIpc) is 2.91. The second-order valence-corrected chi connectivity index (χ2v) is 8.93. The molecule has 0 aliphatic carbocycles. The molecule has 5 rings (SSSR count). The van der Waals surface area contributed by atoms with Crippen LogP contribution in [0.5, 0.6) is 5.75 Å². The number of nitrogens with zero attached hydrogens (tertiary/aromatic N) is 3. The Bertz CT molecular complexity index is 1770. The number of ether oxygens (including phenoxy) is 1. The van der Waals surface area contributed by atoms with Gasteiger partial charge in [-0.1, -0.05) is 48.0 Å². The van der Waals surface area contributed by atoms with Gasteiger partial charge in [-0.15, -0.1) is 0 Å². The molecule has 5 aromatic rings. The van der Waals surface area contributed by atoms with E-state index in [1.807, 2.05) is 0 Å². The van der Waals surface area contributed by atoms with Gasteiger partial charge in [0.1, 0.15) is 18.2 Å². The lowest BCUT2D eigenvalue weighted by atomic mass is 10.1. The first kappa shape index (κ1) is 26.1. The van der Waals surface area contributed by atoms with Crippen molar-refractivity contribution in [3.63, 3.8) is 0 Å². The van der Waals surface area contributed by atoms with Gasteiger partial charge in [-0.05, 0) is 60.2 Å². The number of para-hydroxylation sites is 1. The first-order chi connectivity index (χ1) is 18.7. The molecule has 0 saturated carbocycles. The van der Waals surface area contributed by atoms with E-state index in [0.29, 0.717) is 27.4 Å². The number of hydrogen-bond acceptors (Lipinski definition) is 4. The van der Waals surface area contributed by atoms with E-state index in [2.05, 4.69) is 10.1 Å². The van der Waals surface area contributed by atoms with E-state index < -0.39 is 23.1 Å². The molecule has 5 nitrogen and oxygen atoms in total. The largest absolute Gasteiger partial charge is 0.488 e. The average molecular weight is 552 g/mol. The lowest BCUT2D eigenvalue weighted by Crippen LogP contribution is -2.20. The fraction of sp³-hybridized carbons (Fsp3) is 0.0690. The second kappa shape index (κ2) is 10.7. The lowest BCUT2D eigenvalue weighted by Gasteiger charge is -2.13. The van der Waals surface area contributed by atoms with Crippen LogP contribution in [0.25, 0.3) is 22.3 Å². The van der Waals surface area contributed by atoms with Crippen molar-refractivity contribution in [3.05, 3.63) is 129 Å². The summed E-state index contributed by atoms with van der Waals surface area (Å²) in [5.41, 5.74) is -0.125. The fourth-order valence-corrected chi connectivity index (χ4v) is 4.09. The minimum absolute atomic E-state index is 0.0488. The summed E-state index contributed by atoms with van der Waals surface area (Å²) >= 11 is 6.18. The number of aromatic nitrogens is 2. The summed E-state index contributed by atoms with van der Waals surface area (Å²) in [4.78, 5) is 17.9. The summed E-state index contributed by atoms with van der Waals surface area (Å²) in [7, 11) is 0. The van der Waals surface area contributed by atoms with Crippen LogP contribution in [0.2, 0.25) is 5.02 Å². The van der Waals surface area contributed by atoms with Crippen LogP contribution in [0.4, 0.5) is 17.6 Å². The SMILES string of the molecule is O=c1c2ccccc2nc(-c2cccc(C(F)(F)F)c2)n1N=Cc1cc(Cl)ccc1OCc1cccc(F)c1. The van der Waals surface area contributed by atoms with Crippen LogP contribution < -0.4 is 10.3 Å². The van der Waals surface area contributed by atoms with Crippen LogP contribution in [0.15, 0.2) is 101 Å². The van der Waals surface area contributed by atoms with Gasteiger partial charge in [0.2, 0.25) is 0 Å². The fourth-order valence-electron chi connectivity index (χ4n) is 3.91. The first-order valence-electron chi connectivity index (χ1n) is 11.6. The summed E-state index contributed by atoms with van der Waals surface area (Å²) in [5.74, 6) is -0.139. The summed E-state index contributed by atoms with van der Waals surface area (Å²) in [6.07, 6.45) is -3.28. The summed E-state index contributed by atoms with van der Waals surface area (Å²) in [6, 6.07) is 21.6. The minimum atomic E-state index is -4.59. The molecule has 0 unspecified atom stereocenters. The van der Waals surface area contributed by atoms with Crippen LogP contribution in [-0.4, -0.2) is 15.9 Å². The van der Waals surface area contributed by atoms with Crippen LogP contribution in [0.3, 0.4) is 0 Å². The van der Waals surface area contributed by atoms with Crippen molar-refractivity contribution >= 4 is 28.7 Å². The topological polar surface area (TPSA) is 56.5 Å². The Labute approximate surface area is 224 Å². The van der Waals surface area contributed by atoms with E-state index in [1.54, 1.807) is 54.6 Å². The molecule has 0 aliphatic rings. The van der Waals surface area contributed by atoms with Crippen molar-refractivity contribution < 1.29 is 22.3 Å². The van der Waals surface area contributed by atoms with Gasteiger partial charge < -0.3 is 4.74 Å². The zero-order chi connectivity index (χ0) is 27.6. The molecule has 0 N–H and O–H groups in total. The second-order valence-electron chi connectivity index (χ2n) is 8.49. The van der Waals surface area contributed by atoms with E-state index in [1.165, 1.54) is 30.5 Å². The Balaban J connectivity index is 1.59. The molecule has 39 heavy (non-hydrogen) atoms. The molecule has 0 bridgehead atoms. The van der Waals surface area contributed by atoms with Crippen molar-refractivity contribution in [1.82, 2.24) is 9.66 Å². The normalized spacial score (nSPS) is 11.8. The Kier molecular flexibility index (Phi) is 7.17. The van der Waals surface area contributed by atoms with Crippen LogP contribution >= 0.6 is 11.6 Å². The molecular weight excluding hydrogens is 534 g/mol. The summed E-state index contributed by atoms with van der Waals surface area (Å²) < 4.78 is 60.6. The number of fused-ring (bicyclic) bond motifs is 1. The number of hydrogen-bond donors (Lipinski definition) is 0. The third-order valence-corrected chi connectivity index (χ3v) is 6.00. The standard InChI is InChI=1S/C29H18ClF4N3O2/c30-22-11-12-26(39-17-18-5-3-8-23(31)13-18)20(15-22)16-35-37-27(19-6-4-7-21(14-19)29(32,33)34)36-25-10-2-1-9-24(25)28(37)38/h1-16H,17H2. The van der Waals surface area contributed by atoms with Crippen LogP contribution in [-0.2, 0) is 12.8 Å².